The summed E-state index contributed by atoms with van der Waals surface area (Å²) in [5.74, 6) is 0.425. The van der Waals surface area contributed by atoms with E-state index in [1.807, 2.05) is 47.1 Å². The van der Waals surface area contributed by atoms with Crippen LogP contribution in [0.2, 0.25) is 0 Å². The van der Waals surface area contributed by atoms with E-state index in [0.717, 1.165) is 16.9 Å². The Morgan fingerprint density at radius 1 is 1.00 bits per heavy atom. The van der Waals surface area contributed by atoms with E-state index in [0.29, 0.717) is 22.7 Å². The minimum Gasteiger partial charge on any atom is -0.454 e. The molecule has 0 atom stereocenters. The van der Waals surface area contributed by atoms with Crippen LogP contribution >= 0.6 is 0 Å². The standard InChI is InChI=1S/C23H18N4O4/c28-22(12-24-23(29)16-6-9-19-20(11-16)31-14-30-19)25-17-7-4-15(5-8-17)18-13-27-10-2-1-3-21(27)26-18/h1-11,13H,12,14H2,(H,24,29)(H,25,28). The van der Waals surface area contributed by atoms with Gasteiger partial charge in [0.05, 0.1) is 12.2 Å². The summed E-state index contributed by atoms with van der Waals surface area (Å²) in [6.45, 7) is -0.0137. The second kappa shape index (κ2) is 7.83. The molecule has 8 nitrogen and oxygen atoms in total. The first-order valence-corrected chi connectivity index (χ1v) is 9.67. The number of carbonyl (C=O) groups excluding carboxylic acids is 2. The highest BCUT2D eigenvalue weighted by Crippen LogP contribution is 2.32. The van der Waals surface area contributed by atoms with E-state index in [1.165, 1.54) is 0 Å². The van der Waals surface area contributed by atoms with E-state index in [9.17, 15) is 9.59 Å². The van der Waals surface area contributed by atoms with Crippen molar-refractivity contribution in [2.45, 2.75) is 0 Å². The Kier molecular flexibility index (Phi) is 4.72. The number of fused-ring (bicyclic) bond motifs is 2. The van der Waals surface area contributed by atoms with Crippen molar-refractivity contribution in [2.75, 3.05) is 18.7 Å². The van der Waals surface area contributed by atoms with Crippen LogP contribution in [0, 0.1) is 0 Å². The van der Waals surface area contributed by atoms with E-state index in [2.05, 4.69) is 15.6 Å². The van der Waals surface area contributed by atoms with Crippen molar-refractivity contribution in [3.05, 3.63) is 78.6 Å². The molecule has 0 fully saturated rings. The number of ether oxygens (including phenoxy) is 2. The van der Waals surface area contributed by atoms with Crippen LogP contribution < -0.4 is 20.1 Å². The number of benzene rings is 2. The van der Waals surface area contributed by atoms with Crippen molar-refractivity contribution in [3.8, 4) is 22.8 Å². The smallest absolute Gasteiger partial charge is 0.251 e. The van der Waals surface area contributed by atoms with Crippen molar-refractivity contribution in [1.82, 2.24) is 14.7 Å². The molecule has 8 heteroatoms. The number of hydrogen-bond donors (Lipinski definition) is 2. The molecular formula is C23H18N4O4. The number of nitrogens with zero attached hydrogens (tertiary/aromatic N) is 2. The molecular weight excluding hydrogens is 396 g/mol. The average molecular weight is 414 g/mol. The first-order valence-electron chi connectivity index (χ1n) is 9.67. The molecule has 2 N–H and O–H groups in total. The molecule has 5 rings (SSSR count). The van der Waals surface area contributed by atoms with Crippen LogP contribution in [-0.2, 0) is 4.79 Å². The van der Waals surface area contributed by atoms with E-state index in [-0.39, 0.29) is 25.2 Å². The predicted octanol–water partition coefficient (Wildman–Crippen LogP) is 3.10. The molecule has 0 saturated heterocycles. The van der Waals surface area contributed by atoms with Crippen molar-refractivity contribution in [2.24, 2.45) is 0 Å². The lowest BCUT2D eigenvalue weighted by Crippen LogP contribution is -2.32. The quantitative estimate of drug-likeness (QED) is 0.523. The van der Waals surface area contributed by atoms with E-state index < -0.39 is 0 Å². The number of rotatable bonds is 5. The van der Waals surface area contributed by atoms with Crippen LogP contribution in [0.25, 0.3) is 16.9 Å². The van der Waals surface area contributed by atoms with Gasteiger partial charge in [-0.1, -0.05) is 18.2 Å². The van der Waals surface area contributed by atoms with Gasteiger partial charge >= 0.3 is 0 Å². The fourth-order valence-electron chi connectivity index (χ4n) is 3.30. The van der Waals surface area contributed by atoms with Gasteiger partial charge in [0.15, 0.2) is 11.5 Å². The van der Waals surface area contributed by atoms with Gasteiger partial charge in [0.1, 0.15) is 5.65 Å². The molecule has 1 aliphatic heterocycles. The van der Waals surface area contributed by atoms with Crippen LogP contribution in [0.1, 0.15) is 10.4 Å². The van der Waals surface area contributed by atoms with E-state index in [4.69, 9.17) is 9.47 Å². The minimum absolute atomic E-state index is 0.138. The van der Waals surface area contributed by atoms with Gasteiger partial charge in [0.25, 0.3) is 5.91 Å². The van der Waals surface area contributed by atoms with Gasteiger partial charge in [0, 0.05) is 29.2 Å². The number of aromatic nitrogens is 2. The highest BCUT2D eigenvalue weighted by Gasteiger charge is 2.16. The monoisotopic (exact) mass is 414 g/mol. The Morgan fingerprint density at radius 3 is 2.68 bits per heavy atom. The SMILES string of the molecule is O=C(CNC(=O)c1ccc2c(c1)OCO2)Nc1ccc(-c2cn3ccccc3n2)cc1. The molecule has 2 aromatic carbocycles. The van der Waals surface area contributed by atoms with Gasteiger partial charge in [-0.25, -0.2) is 4.98 Å². The number of pyridine rings is 1. The van der Waals surface area contributed by atoms with Crippen molar-refractivity contribution in [1.29, 1.82) is 0 Å². The van der Waals surface area contributed by atoms with Gasteiger partial charge in [-0.05, 0) is 42.5 Å². The lowest BCUT2D eigenvalue weighted by Gasteiger charge is -2.08. The van der Waals surface area contributed by atoms with Crippen LogP contribution in [-0.4, -0.2) is 34.5 Å². The fraction of sp³-hybridized carbons (Fsp3) is 0.0870. The summed E-state index contributed by atoms with van der Waals surface area (Å²) in [4.78, 5) is 29.1. The maximum atomic E-state index is 12.3. The van der Waals surface area contributed by atoms with E-state index >= 15 is 0 Å². The molecule has 2 aromatic heterocycles. The van der Waals surface area contributed by atoms with Gasteiger partial charge in [-0.15, -0.1) is 0 Å². The van der Waals surface area contributed by atoms with Crippen LogP contribution in [0.15, 0.2) is 73.1 Å². The highest BCUT2D eigenvalue weighted by atomic mass is 16.7. The highest BCUT2D eigenvalue weighted by molar-refractivity contribution is 5.99. The third-order valence-electron chi connectivity index (χ3n) is 4.87. The van der Waals surface area contributed by atoms with Crippen LogP contribution in [0.5, 0.6) is 11.5 Å². The Bertz CT molecular complexity index is 1250. The predicted molar refractivity (Wildman–Crippen MR) is 114 cm³/mol. The second-order valence-electron chi connectivity index (χ2n) is 6.97. The topological polar surface area (TPSA) is 94.0 Å². The van der Waals surface area contributed by atoms with Crippen LogP contribution in [0.3, 0.4) is 0 Å². The minimum atomic E-state index is -0.365. The molecule has 154 valence electrons. The molecule has 0 aliphatic carbocycles. The number of carbonyl (C=O) groups is 2. The molecule has 0 saturated carbocycles. The summed E-state index contributed by atoms with van der Waals surface area (Å²) >= 11 is 0. The molecule has 31 heavy (non-hydrogen) atoms. The largest absolute Gasteiger partial charge is 0.454 e. The summed E-state index contributed by atoms with van der Waals surface area (Å²) in [5, 5.41) is 5.37. The molecule has 0 radical (unpaired) electrons. The summed E-state index contributed by atoms with van der Waals surface area (Å²) in [5.41, 5.74) is 3.69. The average Bonchev–Trinajstić information content (AvgIpc) is 3.44. The number of imidazole rings is 1. The summed E-state index contributed by atoms with van der Waals surface area (Å²) in [6, 6.07) is 18.1. The Balaban J connectivity index is 1.18. The second-order valence-corrected chi connectivity index (χ2v) is 6.97. The lowest BCUT2D eigenvalue weighted by atomic mass is 10.1. The number of anilines is 1. The zero-order chi connectivity index (χ0) is 21.2. The van der Waals surface area contributed by atoms with Crippen molar-refractivity contribution < 1.29 is 19.1 Å². The maximum absolute atomic E-state index is 12.3. The summed E-state index contributed by atoms with van der Waals surface area (Å²) < 4.78 is 12.4. The molecule has 4 aromatic rings. The third kappa shape index (κ3) is 3.91. The van der Waals surface area contributed by atoms with E-state index in [1.54, 1.807) is 30.3 Å². The Hall–Kier alpha value is -4.33. The fourth-order valence-corrected chi connectivity index (χ4v) is 3.30. The van der Waals surface area contributed by atoms with Crippen molar-refractivity contribution >= 4 is 23.1 Å². The normalized spacial score (nSPS) is 12.0. The Labute approximate surface area is 177 Å². The van der Waals surface area contributed by atoms with Gasteiger partial charge < -0.3 is 24.5 Å². The molecule has 0 spiro atoms. The van der Waals surface area contributed by atoms with Crippen molar-refractivity contribution in [3.63, 3.8) is 0 Å². The lowest BCUT2D eigenvalue weighted by molar-refractivity contribution is -0.115. The summed E-state index contributed by atoms with van der Waals surface area (Å²) in [6.07, 6.45) is 3.90. The van der Waals surface area contributed by atoms with Gasteiger partial charge in [-0.2, -0.15) is 0 Å². The first kappa shape index (κ1) is 18.7. The zero-order valence-electron chi connectivity index (χ0n) is 16.4. The van der Waals surface area contributed by atoms with Crippen LogP contribution in [0.4, 0.5) is 5.69 Å². The molecule has 1 aliphatic rings. The molecule has 0 unspecified atom stereocenters. The summed E-state index contributed by atoms with van der Waals surface area (Å²) in [7, 11) is 0. The molecule has 0 bridgehead atoms. The zero-order valence-corrected chi connectivity index (χ0v) is 16.4. The number of nitrogens with one attached hydrogen (secondary N) is 2. The van der Waals surface area contributed by atoms with Gasteiger partial charge in [0.2, 0.25) is 12.7 Å². The Morgan fingerprint density at radius 2 is 1.84 bits per heavy atom. The number of hydrogen-bond acceptors (Lipinski definition) is 5. The molecule has 3 heterocycles. The number of amides is 2. The first-order chi connectivity index (χ1) is 15.2. The van der Waals surface area contributed by atoms with Gasteiger partial charge in [-0.3, -0.25) is 9.59 Å². The molecule has 2 amide bonds. The third-order valence-corrected chi connectivity index (χ3v) is 4.87. The maximum Gasteiger partial charge on any atom is 0.251 e.